The fourth-order valence-electron chi connectivity index (χ4n) is 3.92. The highest BCUT2D eigenvalue weighted by atomic mass is 16.1. The van der Waals surface area contributed by atoms with Crippen LogP contribution in [0.1, 0.15) is 49.2 Å². The maximum atomic E-state index is 12.8. The number of amides is 1. The van der Waals surface area contributed by atoms with E-state index in [0.29, 0.717) is 11.4 Å². The summed E-state index contributed by atoms with van der Waals surface area (Å²) in [4.78, 5) is 12.8. The lowest BCUT2D eigenvalue weighted by Crippen LogP contribution is -2.20. The van der Waals surface area contributed by atoms with Gasteiger partial charge in [-0.2, -0.15) is 5.10 Å². The van der Waals surface area contributed by atoms with Gasteiger partial charge in [0, 0.05) is 24.7 Å². The molecular formula is C24H27N7O. The molecule has 0 aliphatic rings. The van der Waals surface area contributed by atoms with Gasteiger partial charge >= 0.3 is 0 Å². The molecule has 0 radical (unpaired) electrons. The molecule has 0 aliphatic heterocycles. The lowest BCUT2D eigenvalue weighted by atomic mass is 9.95. The second-order valence-electron chi connectivity index (χ2n) is 7.94. The maximum absolute atomic E-state index is 12.8. The number of aromatic amines is 1. The molecule has 8 heteroatoms. The number of hydrogen-bond acceptors (Lipinski definition) is 5. The standard InChI is InChI=1S/C24H27N7O/c1-5-14-31-22(20(24(32)25-4)21(28-31)15(2)3)17-12-10-16(11-13-17)18-8-6-7-9-19(18)23-26-29-30-27-23/h6-13,15H,5,14H2,1-4H3,(H,25,32)(H,26,27,29,30). The molecule has 1 amide bonds. The van der Waals surface area contributed by atoms with Crippen molar-refractivity contribution in [2.45, 2.75) is 39.7 Å². The van der Waals surface area contributed by atoms with Gasteiger partial charge in [0.1, 0.15) is 0 Å². The summed E-state index contributed by atoms with van der Waals surface area (Å²) in [5.74, 6) is 0.647. The van der Waals surface area contributed by atoms with Gasteiger partial charge in [0.15, 0.2) is 5.82 Å². The number of rotatable bonds is 7. The molecule has 164 valence electrons. The molecule has 0 aliphatic carbocycles. The molecule has 0 unspecified atom stereocenters. The Hall–Kier alpha value is -3.81. The van der Waals surface area contributed by atoms with Crippen molar-refractivity contribution in [1.82, 2.24) is 35.7 Å². The van der Waals surface area contributed by atoms with Crippen molar-refractivity contribution in [2.75, 3.05) is 7.05 Å². The van der Waals surface area contributed by atoms with Crippen LogP contribution in [0.5, 0.6) is 0 Å². The lowest BCUT2D eigenvalue weighted by Gasteiger charge is -2.11. The first kappa shape index (κ1) is 21.4. The third-order valence-electron chi connectivity index (χ3n) is 5.41. The van der Waals surface area contributed by atoms with Crippen LogP contribution in [0.15, 0.2) is 48.5 Å². The lowest BCUT2D eigenvalue weighted by molar-refractivity contribution is 0.0962. The van der Waals surface area contributed by atoms with E-state index < -0.39 is 0 Å². The van der Waals surface area contributed by atoms with Crippen LogP contribution in [0.3, 0.4) is 0 Å². The zero-order chi connectivity index (χ0) is 22.7. The summed E-state index contributed by atoms with van der Waals surface area (Å²) in [6.45, 7) is 6.98. The number of benzene rings is 2. The minimum absolute atomic E-state index is 0.113. The quantitative estimate of drug-likeness (QED) is 0.456. The van der Waals surface area contributed by atoms with Gasteiger partial charge in [0.05, 0.1) is 17.0 Å². The van der Waals surface area contributed by atoms with Crippen LogP contribution >= 0.6 is 0 Å². The Morgan fingerprint density at radius 1 is 1.06 bits per heavy atom. The topological polar surface area (TPSA) is 101 Å². The number of carbonyl (C=O) groups excluding carboxylic acids is 1. The number of nitrogens with zero attached hydrogens (tertiary/aromatic N) is 5. The second-order valence-corrected chi connectivity index (χ2v) is 7.94. The first-order valence-electron chi connectivity index (χ1n) is 10.8. The normalized spacial score (nSPS) is 11.2. The van der Waals surface area contributed by atoms with Crippen molar-refractivity contribution in [3.05, 3.63) is 59.8 Å². The van der Waals surface area contributed by atoms with E-state index in [2.05, 4.69) is 58.8 Å². The van der Waals surface area contributed by atoms with Crippen LogP contribution in [0.4, 0.5) is 0 Å². The first-order valence-corrected chi connectivity index (χ1v) is 10.8. The number of H-pyrrole nitrogens is 1. The predicted molar refractivity (Wildman–Crippen MR) is 124 cm³/mol. The van der Waals surface area contributed by atoms with Crippen LogP contribution in [0.25, 0.3) is 33.8 Å². The molecule has 4 aromatic rings. The molecule has 0 spiro atoms. The molecule has 32 heavy (non-hydrogen) atoms. The first-order chi connectivity index (χ1) is 15.5. The Kier molecular flexibility index (Phi) is 6.11. The number of nitrogens with one attached hydrogen (secondary N) is 2. The summed E-state index contributed by atoms with van der Waals surface area (Å²) in [5, 5.41) is 21.9. The van der Waals surface area contributed by atoms with Crippen molar-refractivity contribution in [3.8, 4) is 33.8 Å². The highest BCUT2D eigenvalue weighted by molar-refractivity contribution is 6.01. The average Bonchev–Trinajstić information content (AvgIpc) is 3.47. The number of carbonyl (C=O) groups is 1. The summed E-state index contributed by atoms with van der Waals surface area (Å²) in [5.41, 5.74) is 6.27. The Bertz CT molecular complexity index is 1210. The van der Waals surface area contributed by atoms with E-state index in [4.69, 9.17) is 5.10 Å². The monoisotopic (exact) mass is 429 g/mol. The van der Waals surface area contributed by atoms with Crippen molar-refractivity contribution in [2.24, 2.45) is 0 Å². The minimum Gasteiger partial charge on any atom is -0.355 e. The number of aromatic nitrogens is 6. The Morgan fingerprint density at radius 2 is 1.75 bits per heavy atom. The maximum Gasteiger partial charge on any atom is 0.255 e. The van der Waals surface area contributed by atoms with Gasteiger partial charge in [-0.1, -0.05) is 69.3 Å². The van der Waals surface area contributed by atoms with Crippen molar-refractivity contribution in [3.63, 3.8) is 0 Å². The van der Waals surface area contributed by atoms with Crippen LogP contribution in [-0.4, -0.2) is 43.4 Å². The predicted octanol–water partition coefficient (Wildman–Crippen LogP) is 4.29. The number of hydrogen-bond donors (Lipinski definition) is 2. The molecule has 0 fully saturated rings. The fraction of sp³-hybridized carbons (Fsp3) is 0.292. The van der Waals surface area contributed by atoms with E-state index in [9.17, 15) is 4.79 Å². The molecule has 0 saturated carbocycles. The van der Waals surface area contributed by atoms with E-state index in [0.717, 1.165) is 46.6 Å². The smallest absolute Gasteiger partial charge is 0.255 e. The van der Waals surface area contributed by atoms with Gasteiger partial charge < -0.3 is 5.32 Å². The Labute approximate surface area is 187 Å². The molecule has 0 saturated heterocycles. The van der Waals surface area contributed by atoms with E-state index in [1.54, 1.807) is 7.05 Å². The van der Waals surface area contributed by atoms with Crippen molar-refractivity contribution in [1.29, 1.82) is 0 Å². The molecular weight excluding hydrogens is 402 g/mol. The Balaban J connectivity index is 1.82. The average molecular weight is 430 g/mol. The van der Waals surface area contributed by atoms with Gasteiger partial charge in [0.2, 0.25) is 0 Å². The van der Waals surface area contributed by atoms with Crippen LogP contribution in [-0.2, 0) is 6.54 Å². The fourth-order valence-corrected chi connectivity index (χ4v) is 3.92. The van der Waals surface area contributed by atoms with E-state index in [1.165, 1.54) is 0 Å². The van der Waals surface area contributed by atoms with Crippen LogP contribution in [0.2, 0.25) is 0 Å². The molecule has 2 aromatic carbocycles. The van der Waals surface area contributed by atoms with E-state index in [-0.39, 0.29) is 11.8 Å². The molecule has 0 bridgehead atoms. The van der Waals surface area contributed by atoms with Gasteiger partial charge in [-0.25, -0.2) is 5.10 Å². The molecule has 2 N–H and O–H groups in total. The summed E-state index contributed by atoms with van der Waals surface area (Å²) >= 11 is 0. The van der Waals surface area contributed by atoms with E-state index in [1.807, 2.05) is 41.1 Å². The second kappa shape index (κ2) is 9.13. The minimum atomic E-state index is -0.113. The SMILES string of the molecule is CCCn1nc(C(C)C)c(C(=O)NC)c1-c1ccc(-c2ccccc2-c2nnn[nH]2)cc1. The summed E-state index contributed by atoms with van der Waals surface area (Å²) < 4.78 is 1.96. The summed E-state index contributed by atoms with van der Waals surface area (Å²) in [6, 6.07) is 16.2. The van der Waals surface area contributed by atoms with Crippen LogP contribution < -0.4 is 5.32 Å². The molecule has 2 heterocycles. The van der Waals surface area contributed by atoms with Crippen molar-refractivity contribution < 1.29 is 4.79 Å². The zero-order valence-electron chi connectivity index (χ0n) is 18.8. The van der Waals surface area contributed by atoms with Crippen molar-refractivity contribution >= 4 is 5.91 Å². The third-order valence-corrected chi connectivity index (χ3v) is 5.41. The largest absolute Gasteiger partial charge is 0.355 e. The molecule has 2 aromatic heterocycles. The van der Waals surface area contributed by atoms with Gasteiger partial charge in [0.25, 0.3) is 5.91 Å². The number of aryl methyl sites for hydroxylation is 1. The van der Waals surface area contributed by atoms with Gasteiger partial charge in [-0.05, 0) is 33.9 Å². The molecule has 4 rings (SSSR count). The van der Waals surface area contributed by atoms with Gasteiger partial charge in [-0.15, -0.1) is 5.10 Å². The summed E-state index contributed by atoms with van der Waals surface area (Å²) in [7, 11) is 1.66. The number of tetrazole rings is 1. The Morgan fingerprint density at radius 3 is 2.34 bits per heavy atom. The molecule has 8 nitrogen and oxygen atoms in total. The van der Waals surface area contributed by atoms with Crippen LogP contribution in [0, 0.1) is 0 Å². The molecule has 0 atom stereocenters. The third kappa shape index (κ3) is 3.91. The highest BCUT2D eigenvalue weighted by Gasteiger charge is 2.25. The highest BCUT2D eigenvalue weighted by Crippen LogP contribution is 2.34. The summed E-state index contributed by atoms with van der Waals surface area (Å²) in [6.07, 6.45) is 0.927. The zero-order valence-corrected chi connectivity index (χ0v) is 18.8. The van der Waals surface area contributed by atoms with E-state index >= 15 is 0 Å². The van der Waals surface area contributed by atoms with Gasteiger partial charge in [-0.3, -0.25) is 9.48 Å².